The van der Waals surface area contributed by atoms with Crippen LogP contribution in [0.25, 0.3) is 41.8 Å². The van der Waals surface area contributed by atoms with Crippen LogP contribution in [0.4, 0.5) is 0 Å². The number of carbonyl (C=O) groups excluding carboxylic acids is 11. The van der Waals surface area contributed by atoms with E-state index in [0.717, 1.165) is 159 Å². The molecule has 0 radical (unpaired) electrons. The van der Waals surface area contributed by atoms with Crippen LogP contribution in [-0.4, -0.2) is 230 Å². The van der Waals surface area contributed by atoms with Crippen molar-refractivity contribution in [3.63, 3.8) is 0 Å². The molecule has 27 nitrogen and oxygen atoms in total. The lowest BCUT2D eigenvalue weighted by atomic mass is 9.83. The van der Waals surface area contributed by atoms with Crippen molar-refractivity contribution in [3.8, 4) is 41.8 Å². The van der Waals surface area contributed by atoms with Gasteiger partial charge in [-0.3, -0.25) is 52.7 Å². The Kier molecular flexibility index (Phi) is 42.7. The number of rotatable bonds is 37. The second-order valence-corrected chi connectivity index (χ2v) is 48.8. The fourth-order valence-electron chi connectivity index (χ4n) is 20.3. The van der Waals surface area contributed by atoms with Crippen molar-refractivity contribution in [2.24, 2.45) is 45.8 Å². The first-order valence-electron chi connectivity index (χ1n) is 52.8. The number of Topliss-reactive ketones (excluding diaryl/α,β-unsaturated/α-hetero) is 4. The highest BCUT2D eigenvalue weighted by atomic mass is 32.1. The zero-order valence-electron chi connectivity index (χ0n) is 89.4. The number of ketones is 4. The molecule has 2 aliphatic carbocycles. The minimum absolute atomic E-state index is 0.00448. The number of aliphatic hydroxyl groups is 4. The Morgan fingerprint density at radius 2 is 0.644 bits per heavy atom. The number of benzene rings is 4. The number of hydrogen-bond acceptors (Lipinski definition) is 24. The summed E-state index contributed by atoms with van der Waals surface area (Å²) in [5.41, 5.74) is 18.5. The van der Waals surface area contributed by atoms with Crippen molar-refractivity contribution in [2.75, 3.05) is 32.7 Å². The first-order valence-corrected chi connectivity index (χ1v) is 56.3. The van der Waals surface area contributed by atoms with Gasteiger partial charge in [-0.2, -0.15) is 0 Å². The summed E-state index contributed by atoms with van der Waals surface area (Å²) in [4.78, 5) is 174. The normalized spacial score (nSPS) is 20.2. The Hall–Kier alpha value is -9.83. The summed E-state index contributed by atoms with van der Waals surface area (Å²) in [5, 5.41) is 53.9. The maximum atomic E-state index is 13.8. The molecule has 12 atom stereocenters. The van der Waals surface area contributed by atoms with E-state index in [2.05, 4.69) is 105 Å². The third-order valence-corrected chi connectivity index (χ3v) is 33.0. The van der Waals surface area contributed by atoms with E-state index in [1.54, 1.807) is 64.1 Å². The molecule has 6 fully saturated rings. The molecule has 146 heavy (non-hydrogen) atoms. The molecular weight excluding hydrogens is 1920 g/mol. The van der Waals surface area contributed by atoms with Crippen LogP contribution in [0.5, 0.6) is 0 Å². The van der Waals surface area contributed by atoms with Gasteiger partial charge in [0.25, 0.3) is 0 Å². The highest BCUT2D eigenvalue weighted by molar-refractivity contribution is 7.14. The van der Waals surface area contributed by atoms with Gasteiger partial charge < -0.3 is 61.3 Å². The van der Waals surface area contributed by atoms with Crippen molar-refractivity contribution in [3.05, 3.63) is 164 Å². The molecule has 6 aliphatic rings. The van der Waals surface area contributed by atoms with Gasteiger partial charge in [0.1, 0.15) is 18.1 Å². The lowest BCUT2D eigenvalue weighted by Crippen LogP contribution is -2.57. The Bertz CT molecular complexity index is 5660. The molecule has 4 saturated heterocycles. The first-order chi connectivity index (χ1) is 69.1. The number of thiazole rings is 4. The molecule has 7 amide bonds. The van der Waals surface area contributed by atoms with Gasteiger partial charge in [-0.1, -0.05) is 233 Å². The van der Waals surface area contributed by atoms with Crippen molar-refractivity contribution < 1.29 is 73.2 Å². The number of β-amino-alcohol motifs (C(OH)–C–C–N with tert-alkyl or cyclic N) is 4. The molecule has 0 spiro atoms. The summed E-state index contributed by atoms with van der Waals surface area (Å²) in [5.74, 6) is -0.519. The maximum absolute atomic E-state index is 13.8. The average Bonchev–Trinajstić information content (AvgIpc) is 1.64. The number of amides is 7. The highest BCUT2D eigenvalue weighted by Crippen LogP contribution is 2.39. The van der Waals surface area contributed by atoms with E-state index in [-0.39, 0.29) is 147 Å². The lowest BCUT2D eigenvalue weighted by molar-refractivity contribution is -0.144. The monoisotopic (exact) mass is 2080 g/mol. The van der Waals surface area contributed by atoms with Crippen molar-refractivity contribution in [1.29, 1.82) is 0 Å². The Morgan fingerprint density at radius 1 is 0.363 bits per heavy atom. The van der Waals surface area contributed by atoms with Crippen molar-refractivity contribution in [2.45, 2.75) is 358 Å². The fraction of sp³-hybridized carbons (Fsp3) is 0.591. The Balaban J connectivity index is 0.000000185. The Labute approximate surface area is 880 Å². The van der Waals surface area contributed by atoms with E-state index in [1.165, 1.54) is 19.6 Å². The van der Waals surface area contributed by atoms with Gasteiger partial charge in [-0.25, -0.2) is 19.9 Å². The molecule has 8 heterocycles. The predicted octanol–water partition coefficient (Wildman–Crippen LogP) is 17.8. The highest BCUT2D eigenvalue weighted by Gasteiger charge is 2.50. The van der Waals surface area contributed by atoms with Crippen molar-refractivity contribution in [1.82, 2.24) is 60.8 Å². The molecule has 14 rings (SSSR count). The molecule has 8 N–H and O–H groups in total. The SMILES string of the molecule is Cc1ncsc1-c1ccc(CCC(=O)[C@@H]2C[C@@H](O)CN2C(=O)[C@@H](NC(=O)C(C)C)C(C)(C)C)cc1.Cc1ncsc1-c1ccc(CCC(=O)[C@@H]2C[C@@H](O)CN2C(=O)[C@@H](NC(=O)C2CCCCC2)C(C)(C)C)cc1.Cc1ncsc1-c1ccc(CCC(=O)[C@@H]2C[C@@H](O)CN2C(=O)[C@@H](NC(=O)CCC(C)C)C(C)(C)C)cc1.Cc1ncsc1-c1ccc(CCC(=O)[C@@H]2C[C@@H](O)CN2C(=O)[C@@H](NCCC(C)C)C2CCCC2)cc1. The molecule has 8 aromatic rings. The van der Waals surface area contributed by atoms with E-state index < -0.39 is 83.0 Å². The van der Waals surface area contributed by atoms with Crippen LogP contribution >= 0.6 is 45.3 Å². The minimum Gasteiger partial charge on any atom is -0.391 e. The van der Waals surface area contributed by atoms with Crippen LogP contribution in [0.15, 0.2) is 119 Å². The number of nitrogens with one attached hydrogen (secondary N) is 4. The predicted molar refractivity (Wildman–Crippen MR) is 580 cm³/mol. The topological polar surface area (TPSA) is 381 Å². The average molecular weight is 2080 g/mol. The van der Waals surface area contributed by atoms with Gasteiger partial charge in [0.05, 0.1) is 119 Å². The molecule has 0 unspecified atom stereocenters. The summed E-state index contributed by atoms with van der Waals surface area (Å²) < 4.78 is 0. The maximum Gasteiger partial charge on any atom is 0.246 e. The first kappa shape index (κ1) is 116. The number of aromatic nitrogens is 4. The molecule has 31 heteroatoms. The summed E-state index contributed by atoms with van der Waals surface area (Å²) in [6.07, 6.45) is 13.1. The van der Waals surface area contributed by atoms with Crippen LogP contribution in [-0.2, 0) is 78.4 Å². The van der Waals surface area contributed by atoms with Crippen LogP contribution < -0.4 is 21.3 Å². The smallest absolute Gasteiger partial charge is 0.246 e. The zero-order chi connectivity index (χ0) is 106. The van der Waals surface area contributed by atoms with Crippen LogP contribution in [0.1, 0.15) is 277 Å². The van der Waals surface area contributed by atoms with E-state index in [0.29, 0.717) is 62.7 Å². The summed E-state index contributed by atoms with van der Waals surface area (Å²) in [6.45, 7) is 38.5. The second kappa shape index (κ2) is 53.5. The summed E-state index contributed by atoms with van der Waals surface area (Å²) in [6, 6.07) is 27.6. The second-order valence-electron chi connectivity index (χ2n) is 45.4. The van der Waals surface area contributed by atoms with Crippen LogP contribution in [0.3, 0.4) is 0 Å². The number of carbonyl (C=O) groups is 11. The summed E-state index contributed by atoms with van der Waals surface area (Å²) in [7, 11) is 0. The number of likely N-dealkylation sites (tertiary alicyclic amines) is 4. The lowest BCUT2D eigenvalue weighted by Gasteiger charge is -2.36. The third kappa shape index (κ3) is 32.6. The number of nitrogens with zero attached hydrogens (tertiary/aromatic N) is 8. The Morgan fingerprint density at radius 3 is 0.918 bits per heavy atom. The molecule has 4 aromatic carbocycles. The molecule has 4 aliphatic heterocycles. The standard InChI is InChI=1S/C30H41N3O4S.C29H41N3O4S.C29H41N3O3S.C27H37N3O4S/c1-19-26(38-18-31-19)21-13-10-20(11-14-21)12-15-25(35)24-16-23(34)17-33(24)29(37)27(30(2,3)4)32-28(36)22-8-6-5-7-9-22;1-18(2)7-14-25(35)31-27(29(4,5)6)28(36)32-16-22(33)15-23(32)24(34)13-10-20-8-11-21(12-9-20)26-19(3)30-17-37-26;1-19(2)14-15-30-27(22-6-4-5-7-22)29(35)32-17-24(33)16-25(32)26(34)13-10-21-8-11-23(12-9-21)28-20(3)31-18-36-28;1-16(2)25(33)29-24(27(4,5)6)26(34)30-14-20(31)13-21(30)22(32)12-9-18-7-10-19(11-8-18)23-17(3)28-15-35-23/h10-11,13-14,18,22-24,27,34H,5-9,12,15-17H2,1-4H3,(H,32,36);8-9,11-12,17-18,22-23,27,33H,7,10,13-16H2,1-6H3,(H,31,35);8-9,11-12,18-19,22,24-25,27,30,33H,4-7,10,13-17H2,1-3H3;7-8,10-11,15-16,20-21,24,31H,9,12-14H2,1-6H3,(H,29,33)/t23-,24+,27-;22-,23+,27-;24-,25+,27+;20-,21+,24-/m1111/s1. The van der Waals surface area contributed by atoms with Gasteiger partial charge in [-0.05, 0) is 177 Å². The number of aliphatic hydroxyl groups excluding tert-OH is 4. The molecule has 2 saturated carbocycles. The van der Waals surface area contributed by atoms with Crippen LogP contribution in [0, 0.1) is 73.5 Å². The third-order valence-electron chi connectivity index (χ3n) is 29.1. The van der Waals surface area contributed by atoms with Gasteiger partial charge in [0, 0.05) is 95.8 Å². The van der Waals surface area contributed by atoms with Gasteiger partial charge >= 0.3 is 0 Å². The van der Waals surface area contributed by atoms with E-state index >= 15 is 0 Å². The number of hydrogen-bond donors (Lipinski definition) is 8. The van der Waals surface area contributed by atoms with Gasteiger partial charge in [0.2, 0.25) is 41.4 Å². The molecule has 4 aromatic heterocycles. The number of aryl methyl sites for hydroxylation is 8. The van der Waals surface area contributed by atoms with Gasteiger partial charge in [-0.15, -0.1) is 45.3 Å². The minimum atomic E-state index is -0.777. The van der Waals surface area contributed by atoms with Gasteiger partial charge in [0.15, 0.2) is 23.1 Å². The molecular formula is C115H160N12O15S4. The molecule has 0 bridgehead atoms. The van der Waals surface area contributed by atoms with E-state index in [9.17, 15) is 73.2 Å². The van der Waals surface area contributed by atoms with Crippen molar-refractivity contribution >= 4 is 110 Å². The largest absolute Gasteiger partial charge is 0.391 e. The quantitative estimate of drug-likeness (QED) is 0.0179. The zero-order valence-corrected chi connectivity index (χ0v) is 92.6. The van der Waals surface area contributed by atoms with E-state index in [1.807, 2.05) is 173 Å². The van der Waals surface area contributed by atoms with Crippen LogP contribution in [0.2, 0.25) is 0 Å². The summed E-state index contributed by atoms with van der Waals surface area (Å²) >= 11 is 6.45. The van der Waals surface area contributed by atoms with E-state index in [4.69, 9.17) is 0 Å². The fourth-order valence-corrected chi connectivity index (χ4v) is 23.5. The molecule has 794 valence electrons.